The van der Waals surface area contributed by atoms with Crippen LogP contribution in [0.5, 0.6) is 0 Å². The van der Waals surface area contributed by atoms with Crippen LogP contribution in [0.25, 0.3) is 47.7 Å². The predicted octanol–water partition coefficient (Wildman–Crippen LogP) is 7.57. The molecule has 0 spiro atoms. The van der Waals surface area contributed by atoms with Crippen LogP contribution in [-0.4, -0.2) is 11.3 Å². The Morgan fingerprint density at radius 3 is 1.82 bits per heavy atom. The van der Waals surface area contributed by atoms with E-state index in [2.05, 4.69) is 138 Å². The first-order chi connectivity index (χ1) is 19.8. The molecule has 1 nitrogen and oxygen atoms in total. The Labute approximate surface area is 237 Å². The van der Waals surface area contributed by atoms with Gasteiger partial charge in [0.1, 0.15) is 0 Å². The van der Waals surface area contributed by atoms with Gasteiger partial charge in [-0.3, -0.25) is 0 Å². The van der Waals surface area contributed by atoms with E-state index in [1.165, 1.54) is 75.2 Å². The smallest absolute Gasteiger partial charge is 0.241 e. The van der Waals surface area contributed by atoms with Crippen molar-refractivity contribution in [1.82, 2.24) is 4.57 Å². The summed E-state index contributed by atoms with van der Waals surface area (Å²) in [6.45, 7) is 0.268. The number of benzene rings is 6. The lowest BCUT2D eigenvalue weighted by Gasteiger charge is -2.26. The zero-order chi connectivity index (χ0) is 26.2. The molecular weight excluding hydrogens is 501 g/mol. The second-order valence-electron chi connectivity index (χ2n) is 10.9. The van der Waals surface area contributed by atoms with E-state index in [0.29, 0.717) is 0 Å². The minimum Gasteiger partial charge on any atom is -0.309 e. The van der Waals surface area contributed by atoms with Gasteiger partial charge in [0.2, 0.25) is 6.71 Å². The highest BCUT2D eigenvalue weighted by atomic mass is 32.1. The molecule has 3 heteroatoms. The Kier molecular flexibility index (Phi) is 4.70. The number of hydrogen-bond donors (Lipinski definition) is 0. The van der Waals surface area contributed by atoms with Crippen molar-refractivity contribution in [2.75, 3.05) is 0 Å². The summed E-state index contributed by atoms with van der Waals surface area (Å²) in [7, 11) is 0. The molecule has 0 saturated carbocycles. The molecule has 0 atom stereocenters. The zero-order valence-corrected chi connectivity index (χ0v) is 22.7. The fraction of sp³-hybridized carbons (Fsp3) is 0.0270. The third-order valence-electron chi connectivity index (χ3n) is 8.76. The summed E-state index contributed by atoms with van der Waals surface area (Å²) < 4.78 is 5.10. The van der Waals surface area contributed by atoms with Gasteiger partial charge in [-0.2, -0.15) is 0 Å². The molecule has 3 heterocycles. The number of nitrogens with zero attached hydrogens (tertiary/aromatic N) is 1. The number of thiophene rings is 1. The van der Waals surface area contributed by atoms with Gasteiger partial charge >= 0.3 is 0 Å². The van der Waals surface area contributed by atoms with Gasteiger partial charge in [0.25, 0.3) is 0 Å². The van der Waals surface area contributed by atoms with Crippen molar-refractivity contribution in [3.05, 3.63) is 145 Å². The first-order valence-electron chi connectivity index (χ1n) is 13.9. The third-order valence-corrected chi connectivity index (χ3v) is 9.90. The molecule has 0 unspecified atom stereocenters. The number of aromatic nitrogens is 1. The highest BCUT2D eigenvalue weighted by Crippen LogP contribution is 2.37. The minimum absolute atomic E-state index is 0.268. The van der Waals surface area contributed by atoms with E-state index in [1.807, 2.05) is 11.3 Å². The molecule has 0 fully saturated rings. The number of para-hydroxylation sites is 2. The average Bonchev–Trinajstić information content (AvgIpc) is 3.54. The quantitative estimate of drug-likeness (QED) is 0.205. The summed E-state index contributed by atoms with van der Waals surface area (Å²) in [4.78, 5) is 0. The minimum atomic E-state index is 0.268. The van der Waals surface area contributed by atoms with Crippen molar-refractivity contribution in [2.24, 2.45) is 0 Å². The van der Waals surface area contributed by atoms with E-state index >= 15 is 0 Å². The number of hydrogen-bond acceptors (Lipinski definition) is 1. The molecule has 2 aromatic heterocycles. The van der Waals surface area contributed by atoms with Crippen LogP contribution >= 0.6 is 11.3 Å². The fourth-order valence-electron chi connectivity index (χ4n) is 6.99. The molecule has 0 N–H and O–H groups in total. The molecule has 0 aliphatic carbocycles. The van der Waals surface area contributed by atoms with E-state index in [1.54, 1.807) is 0 Å². The standard InChI is InChI=1S/C37H24BNS/c1-5-13-32-24(9-1)21-25-10-2-6-14-33(25)38(32)26-17-19-30-31-23-27(18-20-36(31)40-37(30)22-26)39-34-15-7-3-11-28(34)29-12-4-8-16-35(29)39/h1-20,22-23H,21H2. The molecule has 1 aliphatic rings. The van der Waals surface area contributed by atoms with Crippen molar-refractivity contribution >= 4 is 76.4 Å². The lowest BCUT2D eigenvalue weighted by Crippen LogP contribution is -2.56. The summed E-state index contributed by atoms with van der Waals surface area (Å²) in [6, 6.07) is 49.6. The molecule has 0 saturated heterocycles. The molecule has 0 bridgehead atoms. The van der Waals surface area contributed by atoms with Crippen molar-refractivity contribution in [2.45, 2.75) is 6.42 Å². The van der Waals surface area contributed by atoms with Gasteiger partial charge in [0, 0.05) is 36.6 Å². The number of fused-ring (bicyclic) bond motifs is 8. The molecule has 1 aliphatic heterocycles. The van der Waals surface area contributed by atoms with Crippen LogP contribution in [0.1, 0.15) is 11.1 Å². The second-order valence-corrected chi connectivity index (χ2v) is 12.0. The Morgan fingerprint density at radius 1 is 0.500 bits per heavy atom. The van der Waals surface area contributed by atoms with Gasteiger partial charge < -0.3 is 4.57 Å². The lowest BCUT2D eigenvalue weighted by molar-refractivity contribution is 1.19. The fourth-order valence-corrected chi connectivity index (χ4v) is 8.12. The molecule has 0 amide bonds. The maximum Gasteiger partial charge on any atom is 0.241 e. The zero-order valence-electron chi connectivity index (χ0n) is 21.8. The highest BCUT2D eigenvalue weighted by molar-refractivity contribution is 7.26. The van der Waals surface area contributed by atoms with E-state index in [-0.39, 0.29) is 6.71 Å². The summed E-state index contributed by atoms with van der Waals surface area (Å²) in [6.07, 6.45) is 1.01. The van der Waals surface area contributed by atoms with Gasteiger partial charge in [-0.05, 0) is 53.9 Å². The van der Waals surface area contributed by atoms with Crippen LogP contribution in [0.15, 0.2) is 133 Å². The normalized spacial score (nSPS) is 12.8. The number of rotatable bonds is 2. The van der Waals surface area contributed by atoms with Gasteiger partial charge in [0.05, 0.1) is 11.0 Å². The Bertz CT molecular complexity index is 2170. The van der Waals surface area contributed by atoms with Crippen LogP contribution in [0, 0.1) is 0 Å². The van der Waals surface area contributed by atoms with Crippen LogP contribution in [0.4, 0.5) is 0 Å². The molecule has 8 aromatic rings. The molecule has 186 valence electrons. The summed E-state index contributed by atoms with van der Waals surface area (Å²) in [5.41, 5.74) is 10.9. The van der Waals surface area contributed by atoms with Crippen molar-refractivity contribution < 1.29 is 0 Å². The highest BCUT2D eigenvalue weighted by Gasteiger charge is 2.30. The van der Waals surface area contributed by atoms with Gasteiger partial charge in [0.15, 0.2) is 0 Å². The largest absolute Gasteiger partial charge is 0.309 e. The lowest BCUT2D eigenvalue weighted by atomic mass is 9.33. The first kappa shape index (κ1) is 22.2. The molecule has 0 radical (unpaired) electrons. The average molecular weight is 525 g/mol. The maximum atomic E-state index is 2.45. The van der Waals surface area contributed by atoms with Gasteiger partial charge in [-0.25, -0.2) is 0 Å². The third kappa shape index (κ3) is 3.16. The van der Waals surface area contributed by atoms with Gasteiger partial charge in [-0.1, -0.05) is 113 Å². The van der Waals surface area contributed by atoms with Crippen molar-refractivity contribution in [3.8, 4) is 5.69 Å². The molecular formula is C37H24BNS. The summed E-state index contributed by atoms with van der Waals surface area (Å²) >= 11 is 1.91. The molecule has 9 rings (SSSR count). The topological polar surface area (TPSA) is 4.93 Å². The van der Waals surface area contributed by atoms with Crippen LogP contribution in [0.2, 0.25) is 0 Å². The second kappa shape index (κ2) is 8.45. The van der Waals surface area contributed by atoms with Crippen LogP contribution in [0.3, 0.4) is 0 Å². The maximum absolute atomic E-state index is 2.45. The van der Waals surface area contributed by atoms with E-state index in [0.717, 1.165) is 6.42 Å². The van der Waals surface area contributed by atoms with E-state index in [4.69, 9.17) is 0 Å². The van der Waals surface area contributed by atoms with Crippen LogP contribution in [-0.2, 0) is 6.42 Å². The Hall–Kier alpha value is -4.60. The predicted molar refractivity (Wildman–Crippen MR) is 174 cm³/mol. The van der Waals surface area contributed by atoms with Crippen LogP contribution < -0.4 is 16.4 Å². The SMILES string of the molecule is c1ccc2c(c1)Cc1ccccc1B2c1ccc2c(c1)sc1ccc(-n3c4ccccc4c4ccccc43)cc12. The Morgan fingerprint density at radius 2 is 1.12 bits per heavy atom. The summed E-state index contributed by atoms with van der Waals surface area (Å²) in [5, 5.41) is 5.26. The Balaban J connectivity index is 1.23. The summed E-state index contributed by atoms with van der Waals surface area (Å²) in [5.74, 6) is 0. The van der Waals surface area contributed by atoms with E-state index in [9.17, 15) is 0 Å². The molecule has 6 aromatic carbocycles. The van der Waals surface area contributed by atoms with Gasteiger partial charge in [-0.15, -0.1) is 11.3 Å². The molecule has 40 heavy (non-hydrogen) atoms. The van der Waals surface area contributed by atoms with Crippen molar-refractivity contribution in [3.63, 3.8) is 0 Å². The monoisotopic (exact) mass is 525 g/mol. The van der Waals surface area contributed by atoms with E-state index < -0.39 is 0 Å². The van der Waals surface area contributed by atoms with Crippen molar-refractivity contribution in [1.29, 1.82) is 0 Å². The first-order valence-corrected chi connectivity index (χ1v) is 14.8.